The number of benzene rings is 1. The van der Waals surface area contributed by atoms with Crippen molar-refractivity contribution in [1.82, 2.24) is 9.47 Å². The molecule has 1 aromatic carbocycles. The predicted molar refractivity (Wildman–Crippen MR) is 88.7 cm³/mol. The van der Waals surface area contributed by atoms with Gasteiger partial charge in [-0.05, 0) is 39.2 Å². The molecule has 1 aromatic heterocycles. The molecule has 0 bridgehead atoms. The van der Waals surface area contributed by atoms with Crippen molar-refractivity contribution in [2.75, 3.05) is 20.7 Å². The normalized spacial score (nSPS) is 10.6. The maximum atomic E-state index is 12.4. The van der Waals surface area contributed by atoms with Crippen molar-refractivity contribution in [2.45, 2.75) is 20.4 Å². The molecular formula is C17H23ClN2O4. The number of carbonyl (C=O) groups excluding carboxylic acids is 2. The van der Waals surface area contributed by atoms with Crippen LogP contribution in [0.5, 0.6) is 5.75 Å². The summed E-state index contributed by atoms with van der Waals surface area (Å²) in [5, 5.41) is 0.724. The van der Waals surface area contributed by atoms with Crippen molar-refractivity contribution >= 4 is 22.8 Å². The largest absolute Gasteiger partial charge is 1.00 e. The molecule has 0 unspecified atom stereocenters. The molecule has 6 nitrogen and oxygen atoms in total. The fourth-order valence-corrected chi connectivity index (χ4v) is 2.62. The Morgan fingerprint density at radius 1 is 1.29 bits per heavy atom. The van der Waals surface area contributed by atoms with Crippen LogP contribution in [0, 0.1) is 0 Å². The van der Waals surface area contributed by atoms with Crippen molar-refractivity contribution in [3.8, 4) is 5.75 Å². The number of rotatable bonds is 5. The molecule has 0 aliphatic rings. The number of fused-ring (bicyclic) bond motifs is 1. The highest BCUT2D eigenvalue weighted by Gasteiger charge is 2.23. The number of carbonyl (C=O) groups is 2. The van der Waals surface area contributed by atoms with Crippen molar-refractivity contribution in [1.29, 1.82) is 0 Å². The van der Waals surface area contributed by atoms with Gasteiger partial charge in [-0.25, -0.2) is 4.79 Å². The van der Waals surface area contributed by atoms with Crippen LogP contribution in [0.15, 0.2) is 18.2 Å². The maximum Gasteiger partial charge on any atom is 1.00 e. The third-order valence-corrected chi connectivity index (χ3v) is 3.50. The van der Waals surface area contributed by atoms with Gasteiger partial charge in [0.1, 0.15) is 5.75 Å². The van der Waals surface area contributed by atoms with Crippen LogP contribution in [0.1, 0.15) is 31.3 Å². The number of aromatic nitrogens is 1. The van der Waals surface area contributed by atoms with Gasteiger partial charge >= 0.3 is 13.4 Å². The zero-order chi connectivity index (χ0) is 17.1. The van der Waals surface area contributed by atoms with Gasteiger partial charge in [0.2, 0.25) is 0 Å². The summed E-state index contributed by atoms with van der Waals surface area (Å²) < 4.78 is 12.3. The Morgan fingerprint density at radius 3 is 2.50 bits per heavy atom. The summed E-state index contributed by atoms with van der Waals surface area (Å²) in [6, 6.07) is 5.27. The van der Waals surface area contributed by atoms with E-state index in [4.69, 9.17) is 9.47 Å². The van der Waals surface area contributed by atoms with Gasteiger partial charge in [-0.15, -0.1) is 0 Å². The first-order valence-electron chi connectivity index (χ1n) is 7.46. The highest BCUT2D eigenvalue weighted by molar-refractivity contribution is 6.06. The molecule has 0 saturated carbocycles. The van der Waals surface area contributed by atoms with Crippen molar-refractivity contribution < 1.29 is 32.9 Å². The third kappa shape index (κ3) is 4.07. The van der Waals surface area contributed by atoms with Crippen LogP contribution in [0.3, 0.4) is 0 Å². The zero-order valence-corrected chi connectivity index (χ0v) is 15.3. The first kappa shape index (κ1) is 20.0. The Labute approximate surface area is 149 Å². The molecule has 24 heavy (non-hydrogen) atoms. The van der Waals surface area contributed by atoms with E-state index < -0.39 is 5.97 Å². The van der Waals surface area contributed by atoms with Gasteiger partial charge in [-0.3, -0.25) is 4.79 Å². The lowest BCUT2D eigenvalue weighted by atomic mass is 10.1. The SMILES string of the molecule is CCOC(=O)c1c(CN(C)C)n(C)c2ccc(OC(C)=O)cc12.[Cl-].[H+]. The van der Waals surface area contributed by atoms with E-state index in [-0.39, 0.29) is 19.8 Å². The molecule has 0 saturated heterocycles. The summed E-state index contributed by atoms with van der Waals surface area (Å²) in [6.07, 6.45) is 0. The van der Waals surface area contributed by atoms with Crippen LogP contribution in [-0.2, 0) is 23.1 Å². The molecule has 2 rings (SSSR count). The van der Waals surface area contributed by atoms with Crippen LogP contribution >= 0.6 is 0 Å². The van der Waals surface area contributed by atoms with Crippen LogP contribution in [0.25, 0.3) is 10.9 Å². The molecule has 0 fully saturated rings. The molecule has 0 amide bonds. The van der Waals surface area contributed by atoms with Crippen LogP contribution < -0.4 is 17.1 Å². The summed E-state index contributed by atoms with van der Waals surface area (Å²) >= 11 is 0. The molecule has 7 heteroatoms. The second-order valence-electron chi connectivity index (χ2n) is 5.61. The topological polar surface area (TPSA) is 60.8 Å². The third-order valence-electron chi connectivity index (χ3n) is 3.50. The lowest BCUT2D eigenvalue weighted by molar-refractivity contribution is -0.131. The number of esters is 2. The second kappa shape index (κ2) is 8.17. The van der Waals surface area contributed by atoms with E-state index in [1.54, 1.807) is 19.1 Å². The number of halogens is 1. The van der Waals surface area contributed by atoms with Gasteiger partial charge in [0.25, 0.3) is 0 Å². The fraction of sp³-hybridized carbons (Fsp3) is 0.412. The van der Waals surface area contributed by atoms with E-state index >= 15 is 0 Å². The number of ether oxygens (including phenoxy) is 2. The Morgan fingerprint density at radius 2 is 1.96 bits per heavy atom. The minimum absolute atomic E-state index is 0. The van der Waals surface area contributed by atoms with Gasteiger partial charge in [0, 0.05) is 37.1 Å². The number of hydrogen-bond donors (Lipinski definition) is 0. The molecule has 0 aliphatic heterocycles. The van der Waals surface area contributed by atoms with Gasteiger partial charge in [0.05, 0.1) is 12.2 Å². The van der Waals surface area contributed by atoms with Gasteiger partial charge in [0.15, 0.2) is 0 Å². The Kier molecular flexibility index (Phi) is 6.81. The highest BCUT2D eigenvalue weighted by Crippen LogP contribution is 2.30. The molecule has 0 atom stereocenters. The number of nitrogens with zero attached hydrogens (tertiary/aromatic N) is 2. The van der Waals surface area contributed by atoms with Crippen molar-refractivity contribution in [3.63, 3.8) is 0 Å². The Balaban J connectivity index is 0.00000288. The summed E-state index contributed by atoms with van der Waals surface area (Å²) in [5.41, 5.74) is 2.27. The average Bonchev–Trinajstić information content (AvgIpc) is 2.70. The van der Waals surface area contributed by atoms with E-state index in [9.17, 15) is 9.59 Å². The molecule has 1 heterocycles. The quantitative estimate of drug-likeness (QED) is 0.533. The molecule has 0 spiro atoms. The summed E-state index contributed by atoms with van der Waals surface area (Å²) in [5.74, 6) is -0.348. The van der Waals surface area contributed by atoms with Gasteiger partial charge in [-0.2, -0.15) is 0 Å². The first-order valence-corrected chi connectivity index (χ1v) is 7.46. The van der Waals surface area contributed by atoms with Crippen molar-refractivity contribution in [3.05, 3.63) is 29.5 Å². The van der Waals surface area contributed by atoms with E-state index in [0.29, 0.717) is 24.5 Å². The lowest BCUT2D eigenvalue weighted by Gasteiger charge is -2.12. The van der Waals surface area contributed by atoms with E-state index in [0.717, 1.165) is 16.6 Å². The maximum absolute atomic E-state index is 12.4. The Bertz CT molecular complexity index is 759. The average molecular weight is 355 g/mol. The van der Waals surface area contributed by atoms with Crippen LogP contribution in [-0.4, -0.2) is 42.1 Å². The van der Waals surface area contributed by atoms with Crippen molar-refractivity contribution in [2.24, 2.45) is 7.05 Å². The predicted octanol–water partition coefficient (Wildman–Crippen LogP) is -0.542. The fourth-order valence-electron chi connectivity index (χ4n) is 2.62. The Hall–Kier alpha value is -2.05. The van der Waals surface area contributed by atoms with Gasteiger partial charge in [-0.1, -0.05) is 0 Å². The second-order valence-corrected chi connectivity index (χ2v) is 5.61. The highest BCUT2D eigenvalue weighted by atomic mass is 35.5. The molecule has 0 aliphatic carbocycles. The smallest absolute Gasteiger partial charge is 1.00 e. The number of hydrogen-bond acceptors (Lipinski definition) is 5. The standard InChI is InChI=1S/C17H22N2O4.ClH/c1-6-22-17(21)16-13-9-12(23-11(2)20)7-8-14(13)19(5)15(16)10-18(3)4;/h7-9H,6,10H2,1-5H3;1H. The van der Waals surface area contributed by atoms with Crippen LogP contribution in [0.4, 0.5) is 0 Å². The molecule has 2 aromatic rings. The lowest BCUT2D eigenvalue weighted by Crippen LogP contribution is -3.00. The summed E-state index contributed by atoms with van der Waals surface area (Å²) in [6.45, 7) is 4.03. The zero-order valence-electron chi connectivity index (χ0n) is 15.6. The van der Waals surface area contributed by atoms with E-state index in [1.165, 1.54) is 6.92 Å². The molecular weight excluding hydrogens is 332 g/mol. The molecule has 0 radical (unpaired) electrons. The summed E-state index contributed by atoms with van der Waals surface area (Å²) in [7, 11) is 5.79. The summed E-state index contributed by atoms with van der Waals surface area (Å²) in [4.78, 5) is 25.6. The minimum atomic E-state index is -0.397. The monoisotopic (exact) mass is 354 g/mol. The van der Waals surface area contributed by atoms with Crippen LogP contribution in [0.2, 0.25) is 0 Å². The molecule has 132 valence electrons. The first-order chi connectivity index (χ1) is 10.8. The minimum Gasteiger partial charge on any atom is -1.00 e. The molecule has 0 N–H and O–H groups in total. The van der Waals surface area contributed by atoms with E-state index in [2.05, 4.69) is 0 Å². The number of aryl methyl sites for hydroxylation is 1. The van der Waals surface area contributed by atoms with Gasteiger partial charge < -0.3 is 31.3 Å². The van der Waals surface area contributed by atoms with E-state index in [1.807, 2.05) is 36.7 Å².